The predicted molar refractivity (Wildman–Crippen MR) is 56.2 cm³/mol. The van der Waals surface area contributed by atoms with E-state index < -0.39 is 5.60 Å². The molecule has 0 aliphatic carbocycles. The van der Waals surface area contributed by atoms with Crippen LogP contribution in [0.1, 0.15) is 5.56 Å². The van der Waals surface area contributed by atoms with E-state index in [2.05, 4.69) is 0 Å². The summed E-state index contributed by atoms with van der Waals surface area (Å²) in [6, 6.07) is 3.15. The zero-order chi connectivity index (χ0) is 10.3. The highest BCUT2D eigenvalue weighted by Gasteiger charge is 2.40. The van der Waals surface area contributed by atoms with Gasteiger partial charge in [-0.3, -0.25) is 0 Å². The Bertz CT molecular complexity index is 375. The molecule has 0 atom stereocenters. The standard InChI is InChI=1S/C9H7Cl3O2/c10-5-1-6(8(12)7(11)2-5)9(13)3-14-4-9/h1-2,13H,3-4H2. The lowest BCUT2D eigenvalue weighted by atomic mass is 9.92. The van der Waals surface area contributed by atoms with Crippen molar-refractivity contribution in [2.45, 2.75) is 5.60 Å². The zero-order valence-electron chi connectivity index (χ0n) is 7.06. The van der Waals surface area contributed by atoms with Crippen molar-refractivity contribution in [2.75, 3.05) is 13.2 Å². The van der Waals surface area contributed by atoms with Crippen molar-refractivity contribution in [1.29, 1.82) is 0 Å². The highest BCUT2D eigenvalue weighted by atomic mass is 35.5. The first-order valence-electron chi connectivity index (χ1n) is 3.98. The first-order valence-corrected chi connectivity index (χ1v) is 5.11. The number of ether oxygens (including phenoxy) is 1. The third-order valence-corrected chi connectivity index (χ3v) is 3.20. The van der Waals surface area contributed by atoms with E-state index in [9.17, 15) is 5.11 Å². The molecule has 0 unspecified atom stereocenters. The predicted octanol–water partition coefficient (Wildman–Crippen LogP) is 2.86. The van der Waals surface area contributed by atoms with Crippen LogP contribution >= 0.6 is 34.8 Å². The van der Waals surface area contributed by atoms with Crippen LogP contribution in [0.25, 0.3) is 0 Å². The summed E-state index contributed by atoms with van der Waals surface area (Å²) in [5.41, 5.74) is -0.506. The molecule has 1 aromatic rings. The Morgan fingerprint density at radius 3 is 2.36 bits per heavy atom. The van der Waals surface area contributed by atoms with Gasteiger partial charge in [0.2, 0.25) is 0 Å². The number of aliphatic hydroxyl groups is 1. The molecule has 2 rings (SSSR count). The lowest BCUT2D eigenvalue weighted by Gasteiger charge is -2.37. The van der Waals surface area contributed by atoms with Crippen LogP contribution in [0.3, 0.4) is 0 Å². The van der Waals surface area contributed by atoms with Gasteiger partial charge in [-0.25, -0.2) is 0 Å². The first-order chi connectivity index (χ1) is 6.53. The van der Waals surface area contributed by atoms with Crippen LogP contribution in [0.2, 0.25) is 15.1 Å². The van der Waals surface area contributed by atoms with Crippen molar-refractivity contribution in [3.8, 4) is 0 Å². The Labute approximate surface area is 96.3 Å². The van der Waals surface area contributed by atoms with Gasteiger partial charge in [0.05, 0.1) is 23.3 Å². The molecule has 5 heteroatoms. The van der Waals surface area contributed by atoms with E-state index in [0.29, 0.717) is 20.6 Å². The van der Waals surface area contributed by atoms with Crippen LogP contribution in [0.15, 0.2) is 12.1 Å². The molecule has 2 nitrogen and oxygen atoms in total. The molecule has 0 amide bonds. The van der Waals surface area contributed by atoms with Gasteiger partial charge in [-0.05, 0) is 12.1 Å². The number of rotatable bonds is 1. The van der Waals surface area contributed by atoms with Gasteiger partial charge in [0.25, 0.3) is 0 Å². The van der Waals surface area contributed by atoms with Crippen molar-refractivity contribution < 1.29 is 9.84 Å². The summed E-state index contributed by atoms with van der Waals surface area (Å²) in [6.45, 7) is 0.451. The van der Waals surface area contributed by atoms with Gasteiger partial charge in [-0.2, -0.15) is 0 Å². The van der Waals surface area contributed by atoms with Crippen molar-refractivity contribution in [3.05, 3.63) is 32.8 Å². The van der Waals surface area contributed by atoms with Gasteiger partial charge in [0.15, 0.2) is 0 Å². The van der Waals surface area contributed by atoms with Crippen LogP contribution in [0.4, 0.5) is 0 Å². The third kappa shape index (κ3) is 1.62. The smallest absolute Gasteiger partial charge is 0.138 e. The number of benzene rings is 1. The summed E-state index contributed by atoms with van der Waals surface area (Å²) >= 11 is 17.6. The number of hydrogen-bond acceptors (Lipinski definition) is 2. The average molecular weight is 254 g/mol. The fourth-order valence-electron chi connectivity index (χ4n) is 1.35. The fourth-order valence-corrected chi connectivity index (χ4v) is 2.12. The molecular weight excluding hydrogens is 246 g/mol. The summed E-state index contributed by atoms with van der Waals surface area (Å²) in [5, 5.41) is 11.1. The second kappa shape index (κ2) is 3.54. The summed E-state index contributed by atoms with van der Waals surface area (Å²) < 4.78 is 4.93. The topological polar surface area (TPSA) is 29.5 Å². The van der Waals surface area contributed by atoms with Crippen LogP contribution < -0.4 is 0 Å². The van der Waals surface area contributed by atoms with Crippen LogP contribution in [0.5, 0.6) is 0 Å². The molecule has 0 bridgehead atoms. The molecule has 0 spiro atoms. The van der Waals surface area contributed by atoms with Crippen LogP contribution in [-0.4, -0.2) is 18.3 Å². The lowest BCUT2D eigenvalue weighted by molar-refractivity contribution is -0.184. The van der Waals surface area contributed by atoms with E-state index in [1.54, 1.807) is 6.07 Å². The highest BCUT2D eigenvalue weighted by Crippen LogP contribution is 2.39. The van der Waals surface area contributed by atoms with E-state index in [1.165, 1.54) is 6.07 Å². The SMILES string of the molecule is OC1(c2cc(Cl)cc(Cl)c2Cl)COC1. The van der Waals surface area contributed by atoms with Crippen molar-refractivity contribution in [3.63, 3.8) is 0 Å². The third-order valence-electron chi connectivity index (χ3n) is 2.18. The molecule has 1 heterocycles. The molecule has 1 fully saturated rings. The number of hydrogen-bond donors (Lipinski definition) is 1. The summed E-state index contributed by atoms with van der Waals surface area (Å²) in [6.07, 6.45) is 0. The van der Waals surface area contributed by atoms with Gasteiger partial charge in [0.1, 0.15) is 5.60 Å². The Hall–Kier alpha value is 0.01000. The Kier molecular flexibility index (Phi) is 2.66. The minimum absolute atomic E-state index is 0.226. The van der Waals surface area contributed by atoms with Crippen molar-refractivity contribution >= 4 is 34.8 Å². The second-order valence-corrected chi connectivity index (χ2v) is 4.50. The first kappa shape index (κ1) is 10.5. The van der Waals surface area contributed by atoms with Crippen LogP contribution in [-0.2, 0) is 10.3 Å². The summed E-state index contributed by atoms with van der Waals surface area (Å²) in [4.78, 5) is 0. The maximum Gasteiger partial charge on any atom is 0.138 e. The quantitative estimate of drug-likeness (QED) is 0.780. The lowest BCUT2D eigenvalue weighted by Crippen LogP contribution is -2.46. The molecule has 1 saturated heterocycles. The Morgan fingerprint density at radius 1 is 1.21 bits per heavy atom. The van der Waals surface area contributed by atoms with Crippen LogP contribution in [0, 0.1) is 0 Å². The van der Waals surface area contributed by atoms with Crippen molar-refractivity contribution in [2.24, 2.45) is 0 Å². The molecule has 1 aromatic carbocycles. The van der Waals surface area contributed by atoms with Gasteiger partial charge >= 0.3 is 0 Å². The molecule has 1 N–H and O–H groups in total. The molecule has 76 valence electrons. The van der Waals surface area contributed by atoms with E-state index >= 15 is 0 Å². The van der Waals surface area contributed by atoms with E-state index in [0.717, 1.165) is 0 Å². The highest BCUT2D eigenvalue weighted by molar-refractivity contribution is 6.43. The minimum atomic E-state index is -1.04. The zero-order valence-corrected chi connectivity index (χ0v) is 9.33. The monoisotopic (exact) mass is 252 g/mol. The Morgan fingerprint density at radius 2 is 1.86 bits per heavy atom. The normalized spacial score (nSPS) is 19.1. The van der Waals surface area contributed by atoms with Gasteiger partial charge in [-0.1, -0.05) is 34.8 Å². The Balaban J connectivity index is 2.51. The molecule has 1 aliphatic rings. The summed E-state index contributed by atoms with van der Waals surface area (Å²) in [7, 11) is 0. The molecular formula is C9H7Cl3O2. The number of halogens is 3. The van der Waals surface area contributed by atoms with E-state index in [-0.39, 0.29) is 13.2 Å². The fraction of sp³-hybridized carbons (Fsp3) is 0.333. The van der Waals surface area contributed by atoms with Gasteiger partial charge in [0, 0.05) is 10.6 Å². The van der Waals surface area contributed by atoms with Crippen molar-refractivity contribution in [1.82, 2.24) is 0 Å². The molecule has 0 saturated carbocycles. The van der Waals surface area contributed by atoms with Gasteiger partial charge in [-0.15, -0.1) is 0 Å². The molecule has 0 aromatic heterocycles. The van der Waals surface area contributed by atoms with E-state index in [4.69, 9.17) is 39.5 Å². The molecule has 1 aliphatic heterocycles. The largest absolute Gasteiger partial charge is 0.380 e. The van der Waals surface area contributed by atoms with Gasteiger partial charge < -0.3 is 9.84 Å². The van der Waals surface area contributed by atoms with E-state index in [1.807, 2.05) is 0 Å². The maximum absolute atomic E-state index is 9.98. The maximum atomic E-state index is 9.98. The minimum Gasteiger partial charge on any atom is -0.380 e. The molecule has 14 heavy (non-hydrogen) atoms. The summed E-state index contributed by atoms with van der Waals surface area (Å²) in [5.74, 6) is 0. The average Bonchev–Trinajstić information content (AvgIpc) is 2.07. The molecule has 0 radical (unpaired) electrons. The second-order valence-electron chi connectivity index (χ2n) is 3.27.